The molecular formula is C11H13FN2S. The molecule has 4 heteroatoms. The van der Waals surface area contributed by atoms with E-state index in [4.69, 9.17) is 12.2 Å². The quantitative estimate of drug-likeness (QED) is 0.767. The van der Waals surface area contributed by atoms with Gasteiger partial charge in [-0.2, -0.15) is 0 Å². The van der Waals surface area contributed by atoms with Gasteiger partial charge in [-0.25, -0.2) is 4.39 Å². The van der Waals surface area contributed by atoms with E-state index in [1.807, 2.05) is 6.07 Å². The molecule has 0 radical (unpaired) electrons. The second-order valence-electron chi connectivity index (χ2n) is 3.73. The predicted octanol–water partition coefficient (Wildman–Crippen LogP) is 1.95. The average Bonchev–Trinajstić information content (AvgIpc) is 2.99. The lowest BCUT2D eigenvalue weighted by molar-refractivity contribution is 0.624. The highest BCUT2D eigenvalue weighted by molar-refractivity contribution is 7.80. The van der Waals surface area contributed by atoms with Gasteiger partial charge in [-0.15, -0.1) is 0 Å². The number of rotatable bonds is 3. The zero-order valence-electron chi connectivity index (χ0n) is 8.29. The van der Waals surface area contributed by atoms with Crippen LogP contribution < -0.4 is 10.6 Å². The van der Waals surface area contributed by atoms with Crippen LogP contribution in [0.4, 0.5) is 4.39 Å². The first-order valence-electron chi connectivity index (χ1n) is 5.03. The first kappa shape index (κ1) is 10.4. The average molecular weight is 224 g/mol. The van der Waals surface area contributed by atoms with Crippen molar-refractivity contribution in [2.45, 2.75) is 25.4 Å². The summed E-state index contributed by atoms with van der Waals surface area (Å²) < 4.78 is 12.8. The van der Waals surface area contributed by atoms with E-state index in [0.29, 0.717) is 17.7 Å². The third kappa shape index (κ3) is 3.47. The molecule has 1 fully saturated rings. The fourth-order valence-corrected chi connectivity index (χ4v) is 1.53. The van der Waals surface area contributed by atoms with Gasteiger partial charge in [0.1, 0.15) is 5.82 Å². The summed E-state index contributed by atoms with van der Waals surface area (Å²) in [5.74, 6) is -0.213. The summed E-state index contributed by atoms with van der Waals surface area (Å²) in [6.45, 7) is 0.566. The van der Waals surface area contributed by atoms with Gasteiger partial charge in [-0.05, 0) is 42.8 Å². The van der Waals surface area contributed by atoms with Crippen LogP contribution in [0.3, 0.4) is 0 Å². The van der Waals surface area contributed by atoms with Crippen molar-refractivity contribution in [1.29, 1.82) is 0 Å². The number of nitrogens with one attached hydrogen (secondary N) is 2. The Labute approximate surface area is 93.9 Å². The fourth-order valence-electron chi connectivity index (χ4n) is 1.29. The molecule has 2 N–H and O–H groups in total. The summed E-state index contributed by atoms with van der Waals surface area (Å²) in [7, 11) is 0. The van der Waals surface area contributed by atoms with Crippen LogP contribution in [0.15, 0.2) is 24.3 Å². The molecule has 0 unspecified atom stereocenters. The topological polar surface area (TPSA) is 24.1 Å². The Morgan fingerprint density at radius 1 is 1.47 bits per heavy atom. The highest BCUT2D eigenvalue weighted by Gasteiger charge is 2.21. The summed E-state index contributed by atoms with van der Waals surface area (Å²) in [5.41, 5.74) is 0.898. The lowest BCUT2D eigenvalue weighted by Crippen LogP contribution is -2.36. The van der Waals surface area contributed by atoms with Gasteiger partial charge in [-0.1, -0.05) is 12.1 Å². The Bertz CT molecular complexity index is 363. The van der Waals surface area contributed by atoms with Gasteiger partial charge >= 0.3 is 0 Å². The Morgan fingerprint density at radius 2 is 2.27 bits per heavy atom. The molecule has 2 nitrogen and oxygen atoms in total. The van der Waals surface area contributed by atoms with Gasteiger partial charge in [-0.3, -0.25) is 0 Å². The molecule has 0 heterocycles. The number of benzene rings is 1. The lowest BCUT2D eigenvalue weighted by Gasteiger charge is -2.09. The molecule has 0 saturated heterocycles. The minimum absolute atomic E-state index is 0.213. The number of hydrogen-bond acceptors (Lipinski definition) is 1. The molecular weight excluding hydrogens is 211 g/mol. The zero-order chi connectivity index (χ0) is 10.7. The molecule has 0 bridgehead atoms. The molecule has 1 aromatic carbocycles. The standard InChI is InChI=1S/C11H13FN2S/c12-9-3-1-2-8(6-9)7-13-11(15)14-10-4-5-10/h1-3,6,10H,4-5,7H2,(H2,13,14,15). The summed E-state index contributed by atoms with van der Waals surface area (Å²) in [5, 5.41) is 6.87. The highest BCUT2D eigenvalue weighted by atomic mass is 32.1. The molecule has 1 saturated carbocycles. The van der Waals surface area contributed by atoms with Crippen LogP contribution in [0.25, 0.3) is 0 Å². The zero-order valence-corrected chi connectivity index (χ0v) is 9.11. The van der Waals surface area contributed by atoms with Crippen molar-refractivity contribution in [3.8, 4) is 0 Å². The molecule has 2 rings (SSSR count). The summed E-state index contributed by atoms with van der Waals surface area (Å²) in [6.07, 6.45) is 2.39. The van der Waals surface area contributed by atoms with E-state index in [9.17, 15) is 4.39 Å². The van der Waals surface area contributed by atoms with Crippen LogP contribution in [0, 0.1) is 5.82 Å². The molecule has 15 heavy (non-hydrogen) atoms. The van der Waals surface area contributed by atoms with Crippen molar-refractivity contribution in [1.82, 2.24) is 10.6 Å². The van der Waals surface area contributed by atoms with Gasteiger partial charge in [0.2, 0.25) is 0 Å². The lowest BCUT2D eigenvalue weighted by atomic mass is 10.2. The van der Waals surface area contributed by atoms with Gasteiger partial charge < -0.3 is 10.6 Å². The first-order chi connectivity index (χ1) is 7.24. The van der Waals surface area contributed by atoms with Crippen LogP contribution in [-0.4, -0.2) is 11.2 Å². The van der Waals surface area contributed by atoms with Gasteiger partial charge in [0.25, 0.3) is 0 Å². The molecule has 0 amide bonds. The van der Waals surface area contributed by atoms with Gasteiger partial charge in [0.05, 0.1) is 0 Å². The van der Waals surface area contributed by atoms with Crippen molar-refractivity contribution in [2.75, 3.05) is 0 Å². The summed E-state index contributed by atoms with van der Waals surface area (Å²) in [6, 6.07) is 7.06. The van der Waals surface area contributed by atoms with E-state index in [1.165, 1.54) is 25.0 Å². The Kier molecular flexibility index (Phi) is 3.16. The molecule has 0 aliphatic heterocycles. The number of halogens is 1. The van der Waals surface area contributed by atoms with Gasteiger partial charge in [0.15, 0.2) is 5.11 Å². The van der Waals surface area contributed by atoms with E-state index >= 15 is 0 Å². The Balaban J connectivity index is 1.78. The van der Waals surface area contributed by atoms with E-state index in [2.05, 4.69) is 10.6 Å². The van der Waals surface area contributed by atoms with Crippen LogP contribution >= 0.6 is 12.2 Å². The van der Waals surface area contributed by atoms with Crippen molar-refractivity contribution in [3.05, 3.63) is 35.6 Å². The SMILES string of the molecule is Fc1cccc(CNC(=S)NC2CC2)c1. The van der Waals surface area contributed by atoms with Crippen LogP contribution in [0.5, 0.6) is 0 Å². The van der Waals surface area contributed by atoms with Crippen LogP contribution in [0.2, 0.25) is 0 Å². The molecule has 0 atom stereocenters. The highest BCUT2D eigenvalue weighted by Crippen LogP contribution is 2.18. The molecule has 1 aromatic rings. The van der Waals surface area contributed by atoms with Crippen molar-refractivity contribution < 1.29 is 4.39 Å². The van der Waals surface area contributed by atoms with E-state index in [-0.39, 0.29) is 5.82 Å². The fraction of sp³-hybridized carbons (Fsp3) is 0.364. The third-order valence-electron chi connectivity index (χ3n) is 2.25. The van der Waals surface area contributed by atoms with Crippen molar-refractivity contribution in [3.63, 3.8) is 0 Å². The predicted molar refractivity (Wildman–Crippen MR) is 62.0 cm³/mol. The number of hydrogen-bond donors (Lipinski definition) is 2. The molecule has 0 aromatic heterocycles. The van der Waals surface area contributed by atoms with Crippen LogP contribution in [0.1, 0.15) is 18.4 Å². The largest absolute Gasteiger partial charge is 0.360 e. The monoisotopic (exact) mass is 224 g/mol. The Morgan fingerprint density at radius 3 is 2.93 bits per heavy atom. The second-order valence-corrected chi connectivity index (χ2v) is 4.14. The smallest absolute Gasteiger partial charge is 0.166 e. The normalized spacial score (nSPS) is 14.7. The van der Waals surface area contributed by atoms with Crippen LogP contribution in [-0.2, 0) is 6.54 Å². The third-order valence-corrected chi connectivity index (χ3v) is 2.52. The second kappa shape index (κ2) is 4.57. The van der Waals surface area contributed by atoms with Crippen molar-refractivity contribution in [2.24, 2.45) is 0 Å². The van der Waals surface area contributed by atoms with E-state index in [1.54, 1.807) is 6.07 Å². The molecule has 1 aliphatic carbocycles. The van der Waals surface area contributed by atoms with Gasteiger partial charge in [0, 0.05) is 12.6 Å². The maximum atomic E-state index is 12.8. The summed E-state index contributed by atoms with van der Waals surface area (Å²) in [4.78, 5) is 0. The number of thiocarbonyl (C=S) groups is 1. The van der Waals surface area contributed by atoms with Crippen molar-refractivity contribution >= 4 is 17.3 Å². The Hall–Kier alpha value is -1.16. The van der Waals surface area contributed by atoms with E-state index in [0.717, 1.165) is 5.56 Å². The first-order valence-corrected chi connectivity index (χ1v) is 5.44. The maximum Gasteiger partial charge on any atom is 0.166 e. The minimum atomic E-state index is -0.213. The summed E-state index contributed by atoms with van der Waals surface area (Å²) >= 11 is 5.09. The molecule has 1 aliphatic rings. The maximum absolute atomic E-state index is 12.8. The molecule has 80 valence electrons. The van der Waals surface area contributed by atoms with E-state index < -0.39 is 0 Å². The molecule has 0 spiro atoms. The minimum Gasteiger partial charge on any atom is -0.360 e.